The Balaban J connectivity index is 2.03. The van der Waals surface area contributed by atoms with E-state index in [1.165, 1.54) is 10.9 Å². The maximum absolute atomic E-state index is 11.9. The van der Waals surface area contributed by atoms with Crippen molar-refractivity contribution in [3.05, 3.63) is 50.1 Å². The summed E-state index contributed by atoms with van der Waals surface area (Å²) in [5.74, 6) is -0.296. The molecule has 0 aliphatic heterocycles. The van der Waals surface area contributed by atoms with Gasteiger partial charge in [-0.2, -0.15) is 0 Å². The molecule has 1 aromatic carbocycles. The van der Waals surface area contributed by atoms with Crippen molar-refractivity contribution < 1.29 is 9.90 Å². The predicted molar refractivity (Wildman–Crippen MR) is 76.0 cm³/mol. The van der Waals surface area contributed by atoms with Gasteiger partial charge in [0.25, 0.3) is 5.91 Å². The van der Waals surface area contributed by atoms with Crippen molar-refractivity contribution in [2.24, 2.45) is 0 Å². The molecule has 18 heavy (non-hydrogen) atoms. The summed E-state index contributed by atoms with van der Waals surface area (Å²) in [6, 6.07) is 8.83. The Labute approximate surface area is 118 Å². The third-order valence-corrected chi connectivity index (χ3v) is 3.92. The number of hydrogen-bond acceptors (Lipinski definition) is 3. The Morgan fingerprint density at radius 3 is 2.78 bits per heavy atom. The van der Waals surface area contributed by atoms with Crippen LogP contribution in [0.25, 0.3) is 0 Å². The van der Waals surface area contributed by atoms with Gasteiger partial charge in [-0.1, -0.05) is 15.9 Å². The Hall–Kier alpha value is -1.33. The molecular weight excluding hydrogens is 314 g/mol. The quantitative estimate of drug-likeness (QED) is 0.908. The monoisotopic (exact) mass is 325 g/mol. The Bertz CT molecular complexity index is 580. The summed E-state index contributed by atoms with van der Waals surface area (Å²) in [6.45, 7) is 2.50. The lowest BCUT2D eigenvalue weighted by Gasteiger charge is -2.06. The van der Waals surface area contributed by atoms with Crippen molar-refractivity contribution in [3.8, 4) is 5.75 Å². The molecule has 0 unspecified atom stereocenters. The topological polar surface area (TPSA) is 49.3 Å². The first kappa shape index (κ1) is 13.1. The molecular formula is C13H12BrNO2S. The molecule has 0 fully saturated rings. The van der Waals surface area contributed by atoms with Gasteiger partial charge in [-0.15, -0.1) is 11.3 Å². The van der Waals surface area contributed by atoms with Gasteiger partial charge < -0.3 is 10.4 Å². The molecule has 2 N–H and O–H groups in total. The summed E-state index contributed by atoms with van der Waals surface area (Å²) in [5.41, 5.74) is 0.284. The average Bonchev–Trinajstić information content (AvgIpc) is 2.72. The van der Waals surface area contributed by atoms with Crippen LogP contribution in [-0.4, -0.2) is 11.0 Å². The minimum absolute atomic E-state index is 0.0239. The van der Waals surface area contributed by atoms with Crippen molar-refractivity contribution in [2.75, 3.05) is 0 Å². The number of halogens is 1. The number of carbonyl (C=O) groups is 1. The minimum atomic E-state index is -0.272. The van der Waals surface area contributed by atoms with Crippen LogP contribution in [0.4, 0.5) is 0 Å². The highest BCUT2D eigenvalue weighted by Gasteiger charge is 2.11. The zero-order chi connectivity index (χ0) is 13.1. The minimum Gasteiger partial charge on any atom is -0.507 e. The molecule has 0 bridgehead atoms. The number of hydrogen-bond donors (Lipinski definition) is 2. The molecule has 1 aromatic heterocycles. The fourth-order valence-corrected chi connectivity index (χ4v) is 2.72. The summed E-state index contributed by atoms with van der Waals surface area (Å²) in [5, 5.41) is 12.5. The van der Waals surface area contributed by atoms with Gasteiger partial charge in [0.15, 0.2) is 0 Å². The van der Waals surface area contributed by atoms with Gasteiger partial charge in [0.05, 0.1) is 12.1 Å². The molecule has 1 amide bonds. The van der Waals surface area contributed by atoms with E-state index in [1.807, 2.05) is 19.1 Å². The maximum Gasteiger partial charge on any atom is 0.255 e. The highest BCUT2D eigenvalue weighted by molar-refractivity contribution is 9.10. The number of benzene rings is 1. The van der Waals surface area contributed by atoms with Crippen LogP contribution in [-0.2, 0) is 6.54 Å². The van der Waals surface area contributed by atoms with E-state index in [0.717, 1.165) is 9.35 Å². The second kappa shape index (κ2) is 5.54. The third kappa shape index (κ3) is 3.11. The fraction of sp³-hybridized carbons (Fsp3) is 0.154. The number of thiophene rings is 1. The van der Waals surface area contributed by atoms with Crippen LogP contribution in [0.3, 0.4) is 0 Å². The molecule has 2 rings (SSSR count). The summed E-state index contributed by atoms with van der Waals surface area (Å²) in [6.07, 6.45) is 0. The molecule has 0 aliphatic carbocycles. The van der Waals surface area contributed by atoms with Gasteiger partial charge in [-0.25, -0.2) is 0 Å². The van der Waals surface area contributed by atoms with Crippen LogP contribution in [0.2, 0.25) is 0 Å². The van der Waals surface area contributed by atoms with Gasteiger partial charge in [-0.3, -0.25) is 4.79 Å². The molecule has 0 spiro atoms. The second-order valence-electron chi connectivity index (χ2n) is 3.86. The average molecular weight is 326 g/mol. The van der Waals surface area contributed by atoms with Crippen molar-refractivity contribution in [3.63, 3.8) is 0 Å². The first-order valence-corrected chi connectivity index (χ1v) is 6.99. The normalized spacial score (nSPS) is 10.3. The molecule has 3 nitrogen and oxygen atoms in total. The number of carbonyl (C=O) groups excluding carboxylic acids is 1. The van der Waals surface area contributed by atoms with Crippen LogP contribution < -0.4 is 5.32 Å². The molecule has 94 valence electrons. The number of amides is 1. The van der Waals surface area contributed by atoms with E-state index in [1.54, 1.807) is 23.5 Å². The van der Waals surface area contributed by atoms with Gasteiger partial charge in [-0.05, 0) is 37.3 Å². The third-order valence-electron chi connectivity index (χ3n) is 2.42. The molecule has 0 aliphatic rings. The molecule has 2 aromatic rings. The lowest BCUT2D eigenvalue weighted by molar-refractivity contribution is 0.0948. The zero-order valence-electron chi connectivity index (χ0n) is 9.74. The highest BCUT2D eigenvalue weighted by atomic mass is 79.9. The van der Waals surface area contributed by atoms with Crippen molar-refractivity contribution in [1.29, 1.82) is 0 Å². The summed E-state index contributed by atoms with van der Waals surface area (Å²) >= 11 is 4.88. The maximum atomic E-state index is 11.9. The molecule has 0 saturated carbocycles. The van der Waals surface area contributed by atoms with Gasteiger partial charge in [0.2, 0.25) is 0 Å². The summed E-state index contributed by atoms with van der Waals surface area (Å²) in [4.78, 5) is 14.2. The lowest BCUT2D eigenvalue weighted by atomic mass is 10.2. The largest absolute Gasteiger partial charge is 0.507 e. The SMILES string of the molecule is Cc1ccc(CNC(=O)c2ccc(Br)cc2O)s1. The molecule has 0 radical (unpaired) electrons. The lowest BCUT2D eigenvalue weighted by Crippen LogP contribution is -2.22. The molecule has 1 heterocycles. The standard InChI is InChI=1S/C13H12BrNO2S/c1-8-2-4-10(18-8)7-15-13(17)11-5-3-9(14)6-12(11)16/h2-6,16H,7H2,1H3,(H,15,17). The van der Waals surface area contributed by atoms with Crippen LogP contribution in [0.5, 0.6) is 5.75 Å². The first-order chi connectivity index (χ1) is 8.56. The zero-order valence-corrected chi connectivity index (χ0v) is 12.1. The second-order valence-corrected chi connectivity index (χ2v) is 6.14. The van der Waals surface area contributed by atoms with Gasteiger partial charge in [0, 0.05) is 14.2 Å². The molecule has 0 atom stereocenters. The smallest absolute Gasteiger partial charge is 0.255 e. The van der Waals surface area contributed by atoms with Crippen molar-refractivity contribution in [2.45, 2.75) is 13.5 Å². The van der Waals surface area contributed by atoms with Crippen molar-refractivity contribution >= 4 is 33.2 Å². The van der Waals surface area contributed by atoms with E-state index >= 15 is 0 Å². The van der Waals surface area contributed by atoms with E-state index in [9.17, 15) is 9.90 Å². The van der Waals surface area contributed by atoms with E-state index < -0.39 is 0 Å². The first-order valence-electron chi connectivity index (χ1n) is 5.38. The number of phenolic OH excluding ortho intramolecular Hbond substituents is 1. The van der Waals surface area contributed by atoms with Crippen molar-refractivity contribution in [1.82, 2.24) is 5.32 Å². The van der Waals surface area contributed by atoms with Crippen LogP contribution >= 0.6 is 27.3 Å². The molecule has 0 saturated heterocycles. The summed E-state index contributed by atoms with van der Waals surface area (Å²) in [7, 11) is 0. The number of aryl methyl sites for hydroxylation is 1. The highest BCUT2D eigenvalue weighted by Crippen LogP contribution is 2.22. The number of phenols is 1. The Morgan fingerprint density at radius 1 is 1.39 bits per heavy atom. The van der Waals surface area contributed by atoms with Crippen LogP contribution in [0.1, 0.15) is 20.1 Å². The van der Waals surface area contributed by atoms with Crippen LogP contribution in [0.15, 0.2) is 34.8 Å². The summed E-state index contributed by atoms with van der Waals surface area (Å²) < 4.78 is 0.741. The van der Waals surface area contributed by atoms with E-state index in [0.29, 0.717) is 6.54 Å². The van der Waals surface area contributed by atoms with Gasteiger partial charge in [0.1, 0.15) is 5.75 Å². The van der Waals surface area contributed by atoms with E-state index in [2.05, 4.69) is 21.2 Å². The number of nitrogens with one attached hydrogen (secondary N) is 1. The Morgan fingerprint density at radius 2 is 2.17 bits per heavy atom. The predicted octanol–water partition coefficient (Wildman–Crippen LogP) is 3.45. The van der Waals surface area contributed by atoms with E-state index in [-0.39, 0.29) is 17.2 Å². The fourth-order valence-electron chi connectivity index (χ4n) is 1.54. The van der Waals surface area contributed by atoms with E-state index in [4.69, 9.17) is 0 Å². The molecule has 5 heteroatoms. The number of rotatable bonds is 3. The number of aromatic hydroxyl groups is 1. The van der Waals surface area contributed by atoms with Gasteiger partial charge >= 0.3 is 0 Å². The Kier molecular flexibility index (Phi) is 4.04. The van der Waals surface area contributed by atoms with Crippen LogP contribution in [0, 0.1) is 6.92 Å².